The van der Waals surface area contributed by atoms with Crippen LogP contribution in [0, 0.1) is 28.6 Å². The minimum atomic E-state index is -1.91. The molecule has 2 unspecified atom stereocenters. The second-order valence-corrected chi connectivity index (χ2v) is 11.0. The number of allylic oxidation sites excluding steroid dienone is 4. The van der Waals surface area contributed by atoms with Gasteiger partial charge in [-0.15, -0.1) is 0 Å². The van der Waals surface area contributed by atoms with E-state index in [0.717, 1.165) is 5.57 Å². The molecule has 4 aliphatic rings. The van der Waals surface area contributed by atoms with Crippen molar-refractivity contribution in [2.75, 3.05) is 0 Å². The first-order valence-electron chi connectivity index (χ1n) is 11.9. The molecular formula is C28H33FO4. The van der Waals surface area contributed by atoms with E-state index in [1.165, 1.54) is 6.08 Å². The van der Waals surface area contributed by atoms with Gasteiger partial charge in [0.2, 0.25) is 0 Å². The second kappa shape index (κ2) is 7.13. The van der Waals surface area contributed by atoms with Gasteiger partial charge in [0.1, 0.15) is 17.1 Å². The van der Waals surface area contributed by atoms with E-state index in [2.05, 4.69) is 6.58 Å². The third-order valence-electron chi connectivity index (χ3n) is 9.63. The van der Waals surface area contributed by atoms with Crippen LogP contribution in [0.5, 0.6) is 5.75 Å². The van der Waals surface area contributed by atoms with Gasteiger partial charge < -0.3 is 14.9 Å². The summed E-state index contributed by atoms with van der Waals surface area (Å²) in [6.07, 6.45) is 5.18. The van der Waals surface area contributed by atoms with E-state index in [0.29, 0.717) is 25.0 Å². The molecule has 0 aliphatic heterocycles. The number of benzene rings is 1. The molecule has 0 aromatic heterocycles. The largest absolute Gasteiger partial charge is 0.459 e. The Morgan fingerprint density at radius 2 is 1.91 bits per heavy atom. The molecule has 1 aromatic rings. The van der Waals surface area contributed by atoms with Crippen LogP contribution in [0.1, 0.15) is 46.5 Å². The highest BCUT2D eigenvalue weighted by Gasteiger charge is 2.75. The van der Waals surface area contributed by atoms with Crippen LogP contribution in [0.15, 0.2) is 66.5 Å². The Balaban J connectivity index is 1.54. The maximum absolute atomic E-state index is 17.2. The normalized spacial score (nSPS) is 46.1. The van der Waals surface area contributed by atoms with Gasteiger partial charge in [-0.25, -0.2) is 4.39 Å². The molecule has 0 radical (unpaired) electrons. The number of aliphatic hydroxyl groups is 2. The predicted octanol–water partition coefficient (Wildman–Crippen LogP) is 4.93. The van der Waals surface area contributed by atoms with E-state index in [1.807, 2.05) is 51.1 Å². The highest BCUT2D eigenvalue weighted by molar-refractivity contribution is 6.01. The summed E-state index contributed by atoms with van der Waals surface area (Å²) in [6, 6.07) is 9.21. The van der Waals surface area contributed by atoms with Gasteiger partial charge in [0, 0.05) is 16.7 Å². The quantitative estimate of drug-likeness (QED) is 0.639. The number of carbonyl (C=O) groups excluding carboxylic acids is 1. The highest BCUT2D eigenvalue weighted by atomic mass is 19.1. The monoisotopic (exact) mass is 452 g/mol. The average molecular weight is 453 g/mol. The first-order valence-corrected chi connectivity index (χ1v) is 11.9. The Morgan fingerprint density at radius 3 is 2.61 bits per heavy atom. The summed E-state index contributed by atoms with van der Waals surface area (Å²) in [6.45, 7) is 9.84. The van der Waals surface area contributed by atoms with E-state index >= 15 is 4.39 Å². The van der Waals surface area contributed by atoms with Crippen LogP contribution >= 0.6 is 0 Å². The summed E-state index contributed by atoms with van der Waals surface area (Å²) >= 11 is 0. The van der Waals surface area contributed by atoms with Crippen LogP contribution in [0.3, 0.4) is 0 Å². The second-order valence-electron chi connectivity index (χ2n) is 11.0. The van der Waals surface area contributed by atoms with Crippen molar-refractivity contribution in [3.05, 3.63) is 66.5 Å². The molecule has 0 bridgehead atoms. The van der Waals surface area contributed by atoms with E-state index in [4.69, 9.17) is 4.74 Å². The summed E-state index contributed by atoms with van der Waals surface area (Å²) in [5, 5.41) is 23.6. The zero-order valence-corrected chi connectivity index (χ0v) is 19.6. The van der Waals surface area contributed by atoms with E-state index in [1.54, 1.807) is 12.2 Å². The number of alkyl halides is 1. The molecule has 1 aromatic carbocycles. The van der Waals surface area contributed by atoms with Gasteiger partial charge in [-0.05, 0) is 68.7 Å². The molecule has 5 heteroatoms. The Kier molecular flexibility index (Phi) is 4.87. The van der Waals surface area contributed by atoms with Crippen LogP contribution in [-0.4, -0.2) is 33.4 Å². The molecule has 33 heavy (non-hydrogen) atoms. The molecule has 2 N–H and O–H groups in total. The predicted molar refractivity (Wildman–Crippen MR) is 124 cm³/mol. The zero-order chi connectivity index (χ0) is 23.8. The van der Waals surface area contributed by atoms with Gasteiger partial charge in [0.05, 0.1) is 6.10 Å². The van der Waals surface area contributed by atoms with Crippen molar-refractivity contribution < 1.29 is 24.1 Å². The zero-order valence-electron chi connectivity index (χ0n) is 19.6. The third kappa shape index (κ3) is 2.72. The summed E-state index contributed by atoms with van der Waals surface area (Å²) in [5.41, 5.74) is -4.40. The number of ketones is 1. The molecule has 176 valence electrons. The fraction of sp³-hybridized carbons (Fsp3) is 0.536. The standard InChI is InChI=1S/C28H33FO4/c1-17-14-23-22-11-10-19-15-20(30)12-13-25(19,3)27(22,29)24(31)16-26(23,4)28(17,32)18(2)33-21-8-6-5-7-9-21/h5-9,12-13,15,17,22-24,31-32H,2,10-11,14,16H2,1,3-4H3/t17?,22-,23-,24?,25-,26-,27-,28-/m0/s1. The molecule has 0 heterocycles. The van der Waals surface area contributed by atoms with Gasteiger partial charge in [0.15, 0.2) is 11.5 Å². The van der Waals surface area contributed by atoms with E-state index in [9.17, 15) is 15.0 Å². The van der Waals surface area contributed by atoms with E-state index in [-0.39, 0.29) is 29.8 Å². The maximum atomic E-state index is 17.2. The number of para-hydroxylation sites is 1. The fourth-order valence-electron chi connectivity index (χ4n) is 7.85. The average Bonchev–Trinajstić information content (AvgIpc) is 2.97. The topological polar surface area (TPSA) is 66.8 Å². The smallest absolute Gasteiger partial charge is 0.178 e. The summed E-state index contributed by atoms with van der Waals surface area (Å²) in [4.78, 5) is 12.0. The van der Waals surface area contributed by atoms with Crippen molar-refractivity contribution >= 4 is 5.78 Å². The molecule has 3 saturated carbocycles. The lowest BCUT2D eigenvalue weighted by Crippen LogP contribution is -2.68. The number of hydrogen-bond acceptors (Lipinski definition) is 4. The number of aliphatic hydroxyl groups excluding tert-OH is 1. The number of ether oxygens (including phenoxy) is 1. The number of halogens is 1. The van der Waals surface area contributed by atoms with Crippen molar-refractivity contribution in [1.82, 2.24) is 0 Å². The van der Waals surface area contributed by atoms with Crippen LogP contribution in [0.2, 0.25) is 0 Å². The molecule has 4 aliphatic carbocycles. The molecule has 3 fully saturated rings. The lowest BCUT2D eigenvalue weighted by atomic mass is 9.44. The number of carbonyl (C=O) groups is 1. The summed E-state index contributed by atoms with van der Waals surface area (Å²) < 4.78 is 23.2. The Bertz CT molecular complexity index is 1060. The van der Waals surface area contributed by atoms with Crippen LogP contribution in [-0.2, 0) is 4.79 Å². The number of hydrogen-bond donors (Lipinski definition) is 2. The first-order chi connectivity index (χ1) is 15.5. The number of rotatable bonds is 3. The van der Waals surface area contributed by atoms with Gasteiger partial charge in [0.25, 0.3) is 0 Å². The van der Waals surface area contributed by atoms with Crippen molar-refractivity contribution in [3.63, 3.8) is 0 Å². The lowest BCUT2D eigenvalue weighted by Gasteiger charge is -2.62. The molecule has 0 spiro atoms. The molecular weight excluding hydrogens is 419 g/mol. The van der Waals surface area contributed by atoms with Gasteiger partial charge >= 0.3 is 0 Å². The first kappa shape index (κ1) is 22.5. The third-order valence-corrected chi connectivity index (χ3v) is 9.63. The summed E-state index contributed by atoms with van der Waals surface area (Å²) in [5.74, 6) is -0.123. The van der Waals surface area contributed by atoms with Crippen LogP contribution in [0.25, 0.3) is 0 Å². The van der Waals surface area contributed by atoms with Gasteiger partial charge in [-0.1, -0.05) is 50.3 Å². The summed E-state index contributed by atoms with van der Waals surface area (Å²) in [7, 11) is 0. The Labute approximate surface area is 194 Å². The maximum Gasteiger partial charge on any atom is 0.178 e. The van der Waals surface area contributed by atoms with Crippen molar-refractivity contribution in [2.24, 2.45) is 28.6 Å². The SMILES string of the molecule is C=C(Oc1ccccc1)[C@@]1(O)C(C)C[C@H]2[C@@H]3CCC4=CC(=O)C=C[C@]4(C)[C@@]3(F)C(O)C[C@@]21C. The Morgan fingerprint density at radius 1 is 1.21 bits per heavy atom. The molecule has 8 atom stereocenters. The lowest BCUT2D eigenvalue weighted by molar-refractivity contribution is -0.216. The molecule has 4 nitrogen and oxygen atoms in total. The minimum Gasteiger partial charge on any atom is -0.459 e. The number of fused-ring (bicyclic) bond motifs is 5. The molecule has 0 amide bonds. The van der Waals surface area contributed by atoms with Crippen molar-refractivity contribution in [1.29, 1.82) is 0 Å². The van der Waals surface area contributed by atoms with Crippen molar-refractivity contribution in [2.45, 2.75) is 63.8 Å². The molecule has 0 saturated heterocycles. The van der Waals surface area contributed by atoms with Gasteiger partial charge in [-0.3, -0.25) is 4.79 Å². The minimum absolute atomic E-state index is 0.0906. The highest BCUT2D eigenvalue weighted by Crippen LogP contribution is 2.71. The van der Waals surface area contributed by atoms with Gasteiger partial charge in [-0.2, -0.15) is 0 Å². The fourth-order valence-corrected chi connectivity index (χ4v) is 7.85. The van der Waals surface area contributed by atoms with Crippen molar-refractivity contribution in [3.8, 4) is 5.75 Å². The van der Waals surface area contributed by atoms with E-state index < -0.39 is 34.1 Å². The van der Waals surface area contributed by atoms with Crippen LogP contribution in [0.4, 0.5) is 4.39 Å². The molecule has 5 rings (SSSR count). The Hall–Kier alpha value is -2.24. The van der Waals surface area contributed by atoms with Crippen LogP contribution < -0.4 is 4.74 Å².